The van der Waals surface area contributed by atoms with Crippen molar-refractivity contribution in [1.82, 2.24) is 24.4 Å². The summed E-state index contributed by atoms with van der Waals surface area (Å²) in [6, 6.07) is 3.30. The Morgan fingerprint density at radius 1 is 1.42 bits per heavy atom. The van der Waals surface area contributed by atoms with Gasteiger partial charge in [0.25, 0.3) is 5.91 Å². The molecule has 136 valence electrons. The van der Waals surface area contributed by atoms with E-state index in [1.54, 1.807) is 33.9 Å². The number of likely N-dealkylation sites (tertiary alicyclic amines) is 1. The lowest BCUT2D eigenvalue weighted by molar-refractivity contribution is -0.139. The van der Waals surface area contributed by atoms with Crippen LogP contribution in [0.1, 0.15) is 37.2 Å². The molecular formula is C18H21N5O3. The Balaban J connectivity index is 1.47. The molecule has 3 atom stereocenters. The van der Waals surface area contributed by atoms with E-state index in [0.717, 1.165) is 0 Å². The van der Waals surface area contributed by atoms with Crippen molar-refractivity contribution in [1.29, 1.82) is 0 Å². The lowest BCUT2D eigenvalue weighted by Gasteiger charge is -2.34. The number of amides is 2. The molecule has 3 aliphatic rings. The molecule has 5 heterocycles. The quantitative estimate of drug-likeness (QED) is 0.801. The zero-order valence-electron chi connectivity index (χ0n) is 14.8. The highest BCUT2D eigenvalue weighted by Crippen LogP contribution is 2.49. The van der Waals surface area contributed by atoms with Gasteiger partial charge in [0.05, 0.1) is 25.1 Å². The maximum atomic E-state index is 13.1. The fourth-order valence-electron chi connectivity index (χ4n) is 4.70. The van der Waals surface area contributed by atoms with Gasteiger partial charge in [0.1, 0.15) is 0 Å². The Kier molecular flexibility index (Phi) is 3.19. The third-order valence-electron chi connectivity index (χ3n) is 5.97. The smallest absolute Gasteiger partial charge is 0.274 e. The number of nitrogens with zero attached hydrogens (tertiary/aromatic N) is 5. The summed E-state index contributed by atoms with van der Waals surface area (Å²) in [6.07, 6.45) is 4.41. The minimum atomic E-state index is -0.654. The highest BCUT2D eigenvalue weighted by atomic mass is 16.5. The van der Waals surface area contributed by atoms with Crippen LogP contribution in [-0.4, -0.2) is 67.2 Å². The van der Waals surface area contributed by atoms with Gasteiger partial charge in [-0.25, -0.2) is 9.50 Å². The van der Waals surface area contributed by atoms with Crippen LogP contribution in [0, 0.1) is 5.92 Å². The molecule has 8 nitrogen and oxygen atoms in total. The average molecular weight is 355 g/mol. The van der Waals surface area contributed by atoms with Crippen molar-refractivity contribution in [2.24, 2.45) is 5.92 Å². The summed E-state index contributed by atoms with van der Waals surface area (Å²) in [4.78, 5) is 33.7. The molecule has 0 aliphatic carbocycles. The molecule has 2 aromatic heterocycles. The Labute approximate surface area is 150 Å². The Hall–Kier alpha value is -2.48. The van der Waals surface area contributed by atoms with Crippen molar-refractivity contribution >= 4 is 17.5 Å². The van der Waals surface area contributed by atoms with E-state index in [9.17, 15) is 9.59 Å². The van der Waals surface area contributed by atoms with Crippen LogP contribution in [0.3, 0.4) is 0 Å². The van der Waals surface area contributed by atoms with Gasteiger partial charge in [-0.3, -0.25) is 9.59 Å². The van der Waals surface area contributed by atoms with Gasteiger partial charge in [-0.05, 0) is 12.0 Å². The average Bonchev–Trinajstić information content (AvgIpc) is 3.34. The summed E-state index contributed by atoms with van der Waals surface area (Å²) in [6.45, 7) is 5.32. The van der Waals surface area contributed by atoms with Crippen molar-refractivity contribution in [2.75, 3.05) is 13.2 Å². The zero-order chi connectivity index (χ0) is 18.1. The Morgan fingerprint density at radius 2 is 2.27 bits per heavy atom. The molecule has 2 aromatic rings. The molecule has 2 amide bonds. The first-order valence-corrected chi connectivity index (χ1v) is 9.09. The first kappa shape index (κ1) is 15.7. The number of carbonyl (C=O) groups excluding carboxylic acids is 2. The van der Waals surface area contributed by atoms with Crippen LogP contribution in [0.15, 0.2) is 24.5 Å². The van der Waals surface area contributed by atoms with Gasteiger partial charge in [-0.15, -0.1) is 0 Å². The fourth-order valence-corrected chi connectivity index (χ4v) is 4.70. The van der Waals surface area contributed by atoms with Gasteiger partial charge in [-0.2, -0.15) is 5.10 Å². The summed E-state index contributed by atoms with van der Waals surface area (Å²) < 4.78 is 7.77. The van der Waals surface area contributed by atoms with Crippen LogP contribution in [0.5, 0.6) is 0 Å². The van der Waals surface area contributed by atoms with Gasteiger partial charge >= 0.3 is 0 Å². The Morgan fingerprint density at radius 3 is 3.04 bits per heavy atom. The largest absolute Gasteiger partial charge is 0.351 e. The van der Waals surface area contributed by atoms with Crippen molar-refractivity contribution < 1.29 is 14.3 Å². The van der Waals surface area contributed by atoms with E-state index >= 15 is 0 Å². The molecule has 0 unspecified atom stereocenters. The van der Waals surface area contributed by atoms with Gasteiger partial charge in [0.15, 0.2) is 17.1 Å². The summed E-state index contributed by atoms with van der Waals surface area (Å²) in [5, 5.41) is 4.34. The second kappa shape index (κ2) is 5.26. The summed E-state index contributed by atoms with van der Waals surface area (Å²) in [5.41, 5.74) is 0.329. The van der Waals surface area contributed by atoms with Crippen molar-refractivity contribution in [3.63, 3.8) is 0 Å². The lowest BCUT2D eigenvalue weighted by atomic mass is 10.0. The number of ether oxygens (including phenoxy) is 1. The van der Waals surface area contributed by atoms with Crippen LogP contribution >= 0.6 is 0 Å². The second-order valence-electron chi connectivity index (χ2n) is 7.65. The van der Waals surface area contributed by atoms with Crippen molar-refractivity contribution in [3.05, 3.63) is 30.2 Å². The summed E-state index contributed by atoms with van der Waals surface area (Å²) >= 11 is 0. The minimum absolute atomic E-state index is 0.0837. The van der Waals surface area contributed by atoms with Gasteiger partial charge in [-0.1, -0.05) is 13.8 Å². The molecule has 0 aromatic carbocycles. The SMILES string of the molecule is CC(C)[C@@H]1CO[C@@]23CCN(C(=O)c4cc5ncccn5n4)[C@@H]2CC(=O)N13. The van der Waals surface area contributed by atoms with Crippen LogP contribution in [0.25, 0.3) is 5.65 Å². The van der Waals surface area contributed by atoms with E-state index in [1.807, 2.05) is 4.90 Å². The molecule has 0 bridgehead atoms. The van der Waals surface area contributed by atoms with Crippen LogP contribution < -0.4 is 0 Å². The van der Waals surface area contributed by atoms with E-state index in [1.165, 1.54) is 0 Å². The second-order valence-corrected chi connectivity index (χ2v) is 7.65. The third kappa shape index (κ3) is 1.93. The number of aromatic nitrogens is 3. The molecule has 0 saturated carbocycles. The molecule has 3 fully saturated rings. The number of hydrogen-bond acceptors (Lipinski definition) is 5. The minimum Gasteiger partial charge on any atom is -0.351 e. The maximum Gasteiger partial charge on any atom is 0.274 e. The Bertz CT molecular complexity index is 876. The number of rotatable bonds is 2. The van der Waals surface area contributed by atoms with Crippen molar-refractivity contribution in [3.8, 4) is 0 Å². The normalized spacial score (nSPS) is 30.5. The topological polar surface area (TPSA) is 80.0 Å². The van der Waals surface area contributed by atoms with Crippen LogP contribution in [0.2, 0.25) is 0 Å². The molecule has 3 saturated heterocycles. The van der Waals surface area contributed by atoms with Gasteiger partial charge in [0, 0.05) is 31.4 Å². The van der Waals surface area contributed by atoms with Gasteiger partial charge < -0.3 is 14.5 Å². The van der Waals surface area contributed by atoms with Gasteiger partial charge in [0.2, 0.25) is 5.91 Å². The number of hydrogen-bond donors (Lipinski definition) is 0. The monoisotopic (exact) mass is 355 g/mol. The molecule has 8 heteroatoms. The molecule has 0 N–H and O–H groups in total. The molecule has 1 spiro atoms. The maximum absolute atomic E-state index is 13.1. The fraction of sp³-hybridized carbons (Fsp3) is 0.556. The molecule has 0 radical (unpaired) electrons. The molecule has 5 rings (SSSR count). The zero-order valence-corrected chi connectivity index (χ0v) is 14.8. The van der Waals surface area contributed by atoms with Crippen LogP contribution in [-0.2, 0) is 9.53 Å². The number of carbonyl (C=O) groups is 2. The highest BCUT2D eigenvalue weighted by Gasteiger charge is 2.65. The highest BCUT2D eigenvalue weighted by molar-refractivity contribution is 5.95. The molecular weight excluding hydrogens is 334 g/mol. The lowest BCUT2D eigenvalue weighted by Crippen LogP contribution is -2.51. The molecule has 3 aliphatic heterocycles. The first-order chi connectivity index (χ1) is 12.5. The summed E-state index contributed by atoms with van der Waals surface area (Å²) in [5.74, 6) is 0.246. The standard InChI is InChI=1S/C18H21N5O3/c1-11(2)13-10-26-18-4-7-21(14(18)9-16(24)23(13)18)17(25)12-8-15-19-5-3-6-22(15)20-12/h3,5-6,8,11,13-14H,4,7,9-10H2,1-2H3/t13-,14+,18-/m0/s1. The predicted octanol–water partition coefficient (Wildman–Crippen LogP) is 0.927. The third-order valence-corrected chi connectivity index (χ3v) is 5.97. The summed E-state index contributed by atoms with van der Waals surface area (Å²) in [7, 11) is 0. The van der Waals surface area contributed by atoms with Crippen LogP contribution in [0.4, 0.5) is 0 Å². The van der Waals surface area contributed by atoms with Crippen molar-refractivity contribution in [2.45, 2.75) is 44.5 Å². The van der Waals surface area contributed by atoms with E-state index in [4.69, 9.17) is 4.74 Å². The molecule has 26 heavy (non-hydrogen) atoms. The predicted molar refractivity (Wildman–Crippen MR) is 91.2 cm³/mol. The van der Waals surface area contributed by atoms with E-state index in [0.29, 0.717) is 43.3 Å². The van der Waals surface area contributed by atoms with E-state index < -0.39 is 5.72 Å². The van der Waals surface area contributed by atoms with E-state index in [-0.39, 0.29) is 23.9 Å². The van der Waals surface area contributed by atoms with E-state index in [2.05, 4.69) is 23.9 Å². The number of fused-ring (bicyclic) bond motifs is 1. The first-order valence-electron chi connectivity index (χ1n) is 9.09.